The Morgan fingerprint density at radius 1 is 1.32 bits per heavy atom. The van der Waals surface area contributed by atoms with Gasteiger partial charge in [0.15, 0.2) is 6.29 Å². The molecule has 8 heteroatoms. The predicted octanol–water partition coefficient (Wildman–Crippen LogP) is 1.94. The van der Waals surface area contributed by atoms with Gasteiger partial charge in [0.2, 0.25) is 11.8 Å². The molecule has 0 radical (unpaired) electrons. The van der Waals surface area contributed by atoms with Crippen molar-refractivity contribution in [3.05, 3.63) is 12.2 Å². The average molecular weight is 438 g/mol. The standard InChI is InChI=1S/C23H39N3O5/c1-16(2)11-26(19-9-10-21(27)25-22(19)28)15-30-17(3)31-20-8-6-5-7-18(20)24-12-23(4)13-29-14-23/h17-20,24H,1,5-15H2,2-4H3,(H,25,27,28)/t17?,18-,19?,20-/m0/s1. The molecule has 8 nitrogen and oxygen atoms in total. The Balaban J connectivity index is 1.49. The fourth-order valence-corrected chi connectivity index (χ4v) is 4.53. The molecule has 31 heavy (non-hydrogen) atoms. The normalized spacial score (nSPS) is 29.4. The van der Waals surface area contributed by atoms with E-state index in [1.807, 2.05) is 18.7 Å². The maximum atomic E-state index is 12.3. The summed E-state index contributed by atoms with van der Waals surface area (Å²) < 4.78 is 17.7. The molecule has 3 fully saturated rings. The van der Waals surface area contributed by atoms with Crippen LogP contribution in [0.5, 0.6) is 0 Å². The van der Waals surface area contributed by atoms with Crippen molar-refractivity contribution < 1.29 is 23.8 Å². The molecule has 0 aromatic carbocycles. The quantitative estimate of drug-likeness (QED) is 0.290. The van der Waals surface area contributed by atoms with Gasteiger partial charge >= 0.3 is 0 Å². The first-order valence-electron chi connectivity index (χ1n) is 11.6. The van der Waals surface area contributed by atoms with Crippen molar-refractivity contribution in [3.8, 4) is 0 Å². The molecular formula is C23H39N3O5. The summed E-state index contributed by atoms with van der Waals surface area (Å²) in [6.07, 6.45) is 5.04. The van der Waals surface area contributed by atoms with Crippen LogP contribution in [0.15, 0.2) is 12.2 Å². The Morgan fingerprint density at radius 3 is 2.71 bits per heavy atom. The summed E-state index contributed by atoms with van der Waals surface area (Å²) in [5.74, 6) is -0.480. The molecular weight excluding hydrogens is 398 g/mol. The number of ether oxygens (including phenoxy) is 3. The molecule has 2 aliphatic heterocycles. The lowest BCUT2D eigenvalue weighted by Crippen LogP contribution is -2.54. The summed E-state index contributed by atoms with van der Waals surface area (Å²) in [6.45, 7) is 13.4. The number of carbonyl (C=O) groups is 2. The predicted molar refractivity (Wildman–Crippen MR) is 117 cm³/mol. The minimum Gasteiger partial charge on any atom is -0.380 e. The third kappa shape index (κ3) is 7.08. The number of rotatable bonds is 11. The molecule has 1 aliphatic carbocycles. The first-order chi connectivity index (χ1) is 14.8. The third-order valence-corrected chi connectivity index (χ3v) is 6.36. The zero-order chi connectivity index (χ0) is 22.4. The van der Waals surface area contributed by atoms with Gasteiger partial charge in [-0.05, 0) is 33.1 Å². The Bertz CT molecular complexity index is 651. The number of nitrogens with one attached hydrogen (secondary N) is 2. The number of imide groups is 1. The van der Waals surface area contributed by atoms with E-state index in [4.69, 9.17) is 14.2 Å². The van der Waals surface area contributed by atoms with E-state index in [1.54, 1.807) is 0 Å². The molecule has 0 bridgehead atoms. The second kappa shape index (κ2) is 11.0. The highest BCUT2D eigenvalue weighted by atomic mass is 16.7. The van der Waals surface area contributed by atoms with Gasteiger partial charge in [-0.25, -0.2) is 0 Å². The molecule has 0 spiro atoms. The van der Waals surface area contributed by atoms with E-state index >= 15 is 0 Å². The zero-order valence-electron chi connectivity index (χ0n) is 19.3. The van der Waals surface area contributed by atoms with Gasteiger partial charge in [0.05, 0.1) is 25.4 Å². The van der Waals surface area contributed by atoms with Crippen molar-refractivity contribution in [2.24, 2.45) is 5.41 Å². The largest absolute Gasteiger partial charge is 0.380 e. The number of amides is 2. The van der Waals surface area contributed by atoms with Crippen molar-refractivity contribution in [1.82, 2.24) is 15.5 Å². The van der Waals surface area contributed by atoms with Gasteiger partial charge in [-0.3, -0.25) is 19.8 Å². The van der Waals surface area contributed by atoms with Crippen LogP contribution in [0.4, 0.5) is 0 Å². The van der Waals surface area contributed by atoms with E-state index in [2.05, 4.69) is 24.1 Å². The molecule has 2 N–H and O–H groups in total. The van der Waals surface area contributed by atoms with Crippen LogP contribution in [0.2, 0.25) is 0 Å². The van der Waals surface area contributed by atoms with Crippen molar-refractivity contribution >= 4 is 11.8 Å². The second-order valence-electron chi connectivity index (χ2n) is 9.78. The van der Waals surface area contributed by atoms with E-state index in [1.165, 1.54) is 6.42 Å². The Kier molecular flexibility index (Phi) is 8.64. The summed E-state index contributed by atoms with van der Waals surface area (Å²) in [4.78, 5) is 25.7. The summed E-state index contributed by atoms with van der Waals surface area (Å²) in [7, 11) is 0. The van der Waals surface area contributed by atoms with Gasteiger partial charge in [-0.15, -0.1) is 0 Å². The molecule has 4 atom stereocenters. The zero-order valence-corrected chi connectivity index (χ0v) is 19.3. The van der Waals surface area contributed by atoms with Crippen LogP contribution >= 0.6 is 0 Å². The fraction of sp³-hybridized carbons (Fsp3) is 0.826. The molecule has 176 valence electrons. The molecule has 2 heterocycles. The minimum atomic E-state index is -0.393. The number of nitrogens with zero attached hydrogens (tertiary/aromatic N) is 1. The molecule has 3 rings (SSSR count). The monoisotopic (exact) mass is 437 g/mol. The summed E-state index contributed by atoms with van der Waals surface area (Å²) in [6, 6.07) is -0.0741. The van der Waals surface area contributed by atoms with Crippen LogP contribution in [-0.4, -0.2) is 74.2 Å². The van der Waals surface area contributed by atoms with Crippen molar-refractivity contribution in [2.45, 2.75) is 83.8 Å². The van der Waals surface area contributed by atoms with Crippen LogP contribution in [0, 0.1) is 5.41 Å². The van der Waals surface area contributed by atoms with Crippen LogP contribution in [0.25, 0.3) is 0 Å². The number of hydrogen-bond acceptors (Lipinski definition) is 7. The molecule has 2 saturated heterocycles. The second-order valence-corrected chi connectivity index (χ2v) is 9.78. The maximum absolute atomic E-state index is 12.3. The van der Waals surface area contributed by atoms with Crippen LogP contribution in [0.1, 0.15) is 59.3 Å². The summed E-state index contributed by atoms with van der Waals surface area (Å²) in [5.41, 5.74) is 1.17. The molecule has 0 aromatic rings. The molecule has 3 aliphatic rings. The molecule has 2 amide bonds. The van der Waals surface area contributed by atoms with E-state index in [0.29, 0.717) is 25.4 Å². The SMILES string of the molecule is C=C(C)CN(COC(C)O[C@H]1CCCC[C@@H]1NCC1(C)COC1)C1CCC(=O)NC1=O. The minimum absolute atomic E-state index is 0.110. The Labute approximate surface area is 186 Å². The topological polar surface area (TPSA) is 89.1 Å². The lowest BCUT2D eigenvalue weighted by atomic mass is 9.86. The Morgan fingerprint density at radius 2 is 2.06 bits per heavy atom. The molecule has 1 saturated carbocycles. The molecule has 0 aromatic heterocycles. The van der Waals surface area contributed by atoms with Crippen molar-refractivity contribution in [2.75, 3.05) is 33.0 Å². The van der Waals surface area contributed by atoms with Gasteiger partial charge < -0.3 is 19.5 Å². The molecule has 2 unspecified atom stereocenters. The van der Waals surface area contributed by atoms with Crippen molar-refractivity contribution in [1.29, 1.82) is 0 Å². The first-order valence-corrected chi connectivity index (χ1v) is 11.6. The highest BCUT2D eigenvalue weighted by Crippen LogP contribution is 2.28. The van der Waals surface area contributed by atoms with Gasteiger partial charge in [0.1, 0.15) is 6.73 Å². The van der Waals surface area contributed by atoms with E-state index < -0.39 is 12.3 Å². The summed E-state index contributed by atoms with van der Waals surface area (Å²) in [5, 5.41) is 6.13. The highest BCUT2D eigenvalue weighted by Gasteiger charge is 2.36. The highest BCUT2D eigenvalue weighted by molar-refractivity contribution is 6.00. The maximum Gasteiger partial charge on any atom is 0.243 e. The summed E-state index contributed by atoms with van der Waals surface area (Å²) >= 11 is 0. The van der Waals surface area contributed by atoms with E-state index in [0.717, 1.165) is 44.6 Å². The third-order valence-electron chi connectivity index (χ3n) is 6.36. The fourth-order valence-electron chi connectivity index (χ4n) is 4.53. The average Bonchev–Trinajstić information content (AvgIpc) is 2.69. The van der Waals surface area contributed by atoms with E-state index in [-0.39, 0.29) is 30.1 Å². The van der Waals surface area contributed by atoms with Crippen LogP contribution < -0.4 is 10.6 Å². The first kappa shape index (κ1) is 24.3. The number of piperidine rings is 1. The Hall–Kier alpha value is -1.32. The van der Waals surface area contributed by atoms with E-state index in [9.17, 15) is 9.59 Å². The number of carbonyl (C=O) groups excluding carboxylic acids is 2. The smallest absolute Gasteiger partial charge is 0.243 e. The lowest BCUT2D eigenvalue weighted by molar-refractivity contribution is -0.196. The van der Waals surface area contributed by atoms with Crippen LogP contribution in [-0.2, 0) is 23.8 Å². The van der Waals surface area contributed by atoms with Gasteiger partial charge in [0, 0.05) is 31.0 Å². The number of hydrogen-bond donors (Lipinski definition) is 2. The van der Waals surface area contributed by atoms with Gasteiger partial charge in [-0.1, -0.05) is 31.9 Å². The van der Waals surface area contributed by atoms with Gasteiger partial charge in [-0.2, -0.15) is 0 Å². The van der Waals surface area contributed by atoms with Crippen LogP contribution in [0.3, 0.4) is 0 Å². The van der Waals surface area contributed by atoms with Gasteiger partial charge in [0.25, 0.3) is 0 Å². The lowest BCUT2D eigenvalue weighted by Gasteiger charge is -2.41. The van der Waals surface area contributed by atoms with Crippen molar-refractivity contribution in [3.63, 3.8) is 0 Å².